The fraction of sp³-hybridized carbons (Fsp3) is 0.286. The standard InChI is InChI=1S/C28H29FN2O4/c29-23-8-12-26(13-9-23)35-25-10-6-21(7-11-25)20-30-28(33)22-14-17-31(18-15-22)27(32)16-19-34-24-4-2-1-3-5-24/h1-13,22H,14-20H2,(H,30,33). The van der Waals surface area contributed by atoms with E-state index >= 15 is 0 Å². The summed E-state index contributed by atoms with van der Waals surface area (Å²) in [6.07, 6.45) is 1.63. The van der Waals surface area contributed by atoms with E-state index in [2.05, 4.69) is 5.32 Å². The number of hydrogen-bond acceptors (Lipinski definition) is 4. The first-order chi connectivity index (χ1) is 17.1. The van der Waals surface area contributed by atoms with Crippen LogP contribution in [0.15, 0.2) is 78.9 Å². The van der Waals surface area contributed by atoms with E-state index < -0.39 is 0 Å². The number of piperidine rings is 1. The van der Waals surface area contributed by atoms with Crippen molar-refractivity contribution in [2.24, 2.45) is 5.92 Å². The number of likely N-dealkylation sites (tertiary alicyclic amines) is 1. The molecular weight excluding hydrogens is 447 g/mol. The molecule has 1 aliphatic rings. The van der Waals surface area contributed by atoms with Crippen LogP contribution in [0.25, 0.3) is 0 Å². The molecule has 1 fully saturated rings. The first kappa shape index (κ1) is 24.3. The Kier molecular flexibility index (Phi) is 8.33. The normalized spacial score (nSPS) is 13.8. The number of hydrogen-bond donors (Lipinski definition) is 1. The monoisotopic (exact) mass is 476 g/mol. The number of amides is 2. The molecule has 2 amide bonds. The molecule has 0 unspecified atom stereocenters. The molecule has 0 spiro atoms. The van der Waals surface area contributed by atoms with Gasteiger partial charge in [0.15, 0.2) is 0 Å². The highest BCUT2D eigenvalue weighted by Crippen LogP contribution is 2.22. The van der Waals surface area contributed by atoms with E-state index in [4.69, 9.17) is 9.47 Å². The molecule has 1 aliphatic heterocycles. The molecule has 0 radical (unpaired) electrons. The maximum absolute atomic E-state index is 13.0. The predicted molar refractivity (Wildman–Crippen MR) is 131 cm³/mol. The predicted octanol–water partition coefficient (Wildman–Crippen LogP) is 4.94. The molecule has 7 heteroatoms. The Morgan fingerprint density at radius 1 is 0.857 bits per heavy atom. The van der Waals surface area contributed by atoms with Crippen molar-refractivity contribution in [3.63, 3.8) is 0 Å². The average molecular weight is 477 g/mol. The van der Waals surface area contributed by atoms with Crippen molar-refractivity contribution >= 4 is 11.8 Å². The van der Waals surface area contributed by atoms with E-state index in [9.17, 15) is 14.0 Å². The van der Waals surface area contributed by atoms with Gasteiger partial charge in [0, 0.05) is 25.6 Å². The zero-order chi connectivity index (χ0) is 24.5. The molecule has 0 atom stereocenters. The lowest BCUT2D eigenvalue weighted by atomic mass is 9.95. The van der Waals surface area contributed by atoms with Gasteiger partial charge in [-0.1, -0.05) is 30.3 Å². The maximum atomic E-state index is 13.0. The smallest absolute Gasteiger partial charge is 0.225 e. The number of carbonyl (C=O) groups excluding carboxylic acids is 2. The summed E-state index contributed by atoms with van der Waals surface area (Å²) in [7, 11) is 0. The van der Waals surface area contributed by atoms with Crippen molar-refractivity contribution in [2.75, 3.05) is 19.7 Å². The van der Waals surface area contributed by atoms with Gasteiger partial charge in [-0.3, -0.25) is 9.59 Å². The second kappa shape index (κ2) is 12.0. The molecule has 0 aromatic heterocycles. The summed E-state index contributed by atoms with van der Waals surface area (Å²) in [5.74, 6) is 1.61. The molecule has 0 saturated carbocycles. The van der Waals surface area contributed by atoms with Gasteiger partial charge < -0.3 is 19.7 Å². The number of ether oxygens (including phenoxy) is 2. The zero-order valence-corrected chi connectivity index (χ0v) is 19.5. The number of nitrogens with zero attached hydrogens (tertiary/aromatic N) is 1. The van der Waals surface area contributed by atoms with Crippen LogP contribution >= 0.6 is 0 Å². The lowest BCUT2D eigenvalue weighted by Crippen LogP contribution is -2.43. The van der Waals surface area contributed by atoms with Gasteiger partial charge >= 0.3 is 0 Å². The minimum absolute atomic E-state index is 0.0103. The molecule has 6 nitrogen and oxygen atoms in total. The lowest BCUT2D eigenvalue weighted by Gasteiger charge is -2.31. The van der Waals surface area contributed by atoms with Crippen LogP contribution in [0.3, 0.4) is 0 Å². The topological polar surface area (TPSA) is 67.9 Å². The molecule has 1 saturated heterocycles. The first-order valence-electron chi connectivity index (χ1n) is 11.8. The molecule has 35 heavy (non-hydrogen) atoms. The number of para-hydroxylation sites is 1. The number of nitrogens with one attached hydrogen (secondary N) is 1. The third-order valence-electron chi connectivity index (χ3n) is 5.99. The van der Waals surface area contributed by atoms with E-state index in [1.807, 2.05) is 59.5 Å². The van der Waals surface area contributed by atoms with Crippen LogP contribution in [0.2, 0.25) is 0 Å². The molecule has 0 aliphatic carbocycles. The first-order valence-corrected chi connectivity index (χ1v) is 11.8. The minimum Gasteiger partial charge on any atom is -0.493 e. The maximum Gasteiger partial charge on any atom is 0.225 e. The SMILES string of the molecule is O=C(NCc1ccc(Oc2ccc(F)cc2)cc1)C1CCN(C(=O)CCOc2ccccc2)CC1. The van der Waals surface area contributed by atoms with Gasteiger partial charge in [-0.2, -0.15) is 0 Å². The van der Waals surface area contributed by atoms with Gasteiger partial charge in [0.1, 0.15) is 23.1 Å². The van der Waals surface area contributed by atoms with Crippen LogP contribution in [0.5, 0.6) is 17.2 Å². The van der Waals surface area contributed by atoms with Crippen LogP contribution in [-0.4, -0.2) is 36.4 Å². The molecule has 0 bridgehead atoms. The summed E-state index contributed by atoms with van der Waals surface area (Å²) in [5.41, 5.74) is 0.954. The second-order valence-corrected chi connectivity index (χ2v) is 8.48. The highest BCUT2D eigenvalue weighted by molar-refractivity contribution is 5.80. The van der Waals surface area contributed by atoms with Crippen molar-refractivity contribution in [1.29, 1.82) is 0 Å². The van der Waals surface area contributed by atoms with Crippen molar-refractivity contribution in [3.05, 3.63) is 90.2 Å². The van der Waals surface area contributed by atoms with Crippen LogP contribution in [0.1, 0.15) is 24.8 Å². The molecular formula is C28H29FN2O4. The number of benzene rings is 3. The van der Waals surface area contributed by atoms with E-state index in [1.54, 1.807) is 12.1 Å². The number of carbonyl (C=O) groups is 2. The Hall–Kier alpha value is -3.87. The quantitative estimate of drug-likeness (QED) is 0.475. The molecule has 3 aromatic carbocycles. The van der Waals surface area contributed by atoms with Crippen molar-refractivity contribution in [3.8, 4) is 17.2 Å². The van der Waals surface area contributed by atoms with Gasteiger partial charge in [-0.05, 0) is 66.9 Å². The van der Waals surface area contributed by atoms with E-state index in [0.29, 0.717) is 57.0 Å². The summed E-state index contributed by atoms with van der Waals surface area (Å²) in [5, 5.41) is 3.00. The zero-order valence-electron chi connectivity index (χ0n) is 19.5. The Labute approximate surface area is 204 Å². The van der Waals surface area contributed by atoms with Gasteiger partial charge in [-0.25, -0.2) is 4.39 Å². The van der Waals surface area contributed by atoms with Crippen LogP contribution in [-0.2, 0) is 16.1 Å². The van der Waals surface area contributed by atoms with Crippen LogP contribution in [0, 0.1) is 11.7 Å². The fourth-order valence-corrected chi connectivity index (χ4v) is 3.97. The molecule has 3 aromatic rings. The van der Waals surface area contributed by atoms with Crippen molar-refractivity contribution < 1.29 is 23.5 Å². The molecule has 1 heterocycles. The van der Waals surface area contributed by atoms with Gasteiger partial charge in [0.25, 0.3) is 0 Å². The third kappa shape index (κ3) is 7.30. The minimum atomic E-state index is -0.311. The summed E-state index contributed by atoms with van der Waals surface area (Å²) in [6, 6.07) is 22.7. The fourth-order valence-electron chi connectivity index (χ4n) is 3.97. The van der Waals surface area contributed by atoms with Crippen LogP contribution in [0.4, 0.5) is 4.39 Å². The van der Waals surface area contributed by atoms with E-state index in [0.717, 1.165) is 11.3 Å². The molecule has 182 valence electrons. The highest BCUT2D eigenvalue weighted by Gasteiger charge is 2.27. The van der Waals surface area contributed by atoms with Gasteiger partial charge in [-0.15, -0.1) is 0 Å². The van der Waals surface area contributed by atoms with Crippen molar-refractivity contribution in [1.82, 2.24) is 10.2 Å². The second-order valence-electron chi connectivity index (χ2n) is 8.48. The summed E-state index contributed by atoms with van der Waals surface area (Å²) in [6.45, 7) is 1.93. The Morgan fingerprint density at radius 3 is 2.14 bits per heavy atom. The highest BCUT2D eigenvalue weighted by atomic mass is 19.1. The van der Waals surface area contributed by atoms with E-state index in [1.165, 1.54) is 12.1 Å². The third-order valence-corrected chi connectivity index (χ3v) is 5.99. The summed E-state index contributed by atoms with van der Waals surface area (Å²) >= 11 is 0. The van der Waals surface area contributed by atoms with Gasteiger partial charge in [0.05, 0.1) is 13.0 Å². The summed E-state index contributed by atoms with van der Waals surface area (Å²) < 4.78 is 24.3. The Bertz CT molecular complexity index is 1100. The van der Waals surface area contributed by atoms with Crippen molar-refractivity contribution in [2.45, 2.75) is 25.8 Å². The molecule has 1 N–H and O–H groups in total. The molecule has 4 rings (SSSR count). The van der Waals surface area contributed by atoms with E-state index in [-0.39, 0.29) is 23.5 Å². The number of rotatable bonds is 9. The Balaban J connectivity index is 1.15. The number of halogens is 1. The lowest BCUT2D eigenvalue weighted by molar-refractivity contribution is -0.136. The largest absolute Gasteiger partial charge is 0.493 e. The van der Waals surface area contributed by atoms with Gasteiger partial charge in [0.2, 0.25) is 11.8 Å². The Morgan fingerprint density at radius 2 is 1.49 bits per heavy atom. The van der Waals surface area contributed by atoms with Crippen LogP contribution < -0.4 is 14.8 Å². The summed E-state index contributed by atoms with van der Waals surface area (Å²) in [4.78, 5) is 26.9. The average Bonchev–Trinajstić information content (AvgIpc) is 2.90.